The van der Waals surface area contributed by atoms with Crippen molar-refractivity contribution in [2.24, 2.45) is 0 Å². The third-order valence-electron chi connectivity index (χ3n) is 2.45. The number of aryl methyl sites for hydroxylation is 1. The summed E-state index contributed by atoms with van der Waals surface area (Å²) in [6.45, 7) is 3.32. The van der Waals surface area contributed by atoms with E-state index in [2.05, 4.69) is 4.98 Å². The summed E-state index contributed by atoms with van der Waals surface area (Å²) in [5.74, 6) is -0.720. The highest BCUT2D eigenvalue weighted by molar-refractivity contribution is 5.82. The molecule has 0 aliphatic heterocycles. The van der Waals surface area contributed by atoms with Gasteiger partial charge in [0, 0.05) is 18.2 Å². The summed E-state index contributed by atoms with van der Waals surface area (Å²) in [6.07, 6.45) is 1.32. The van der Waals surface area contributed by atoms with Crippen LogP contribution in [0.1, 0.15) is 25.3 Å². The Kier molecular flexibility index (Phi) is 5.23. The number of hydrogen-bond donors (Lipinski definition) is 1. The minimum absolute atomic E-state index is 0.00342. The maximum atomic E-state index is 11.6. The third-order valence-corrected chi connectivity index (χ3v) is 2.45. The van der Waals surface area contributed by atoms with Crippen LogP contribution in [-0.4, -0.2) is 27.9 Å². The lowest BCUT2D eigenvalue weighted by atomic mass is 10.2. The summed E-state index contributed by atoms with van der Waals surface area (Å²) in [7, 11) is 0. The standard InChI is InChI=1S/C12H16N2O5/c1-3-19-10(16)5-4-9(15)7-14-6-8(2)11(17)13-12(14)18/h6H,3-5,7H2,1-2H3,(H,13,17,18). The molecule has 0 aliphatic carbocycles. The summed E-state index contributed by atoms with van der Waals surface area (Å²) >= 11 is 0. The average Bonchev–Trinajstić information content (AvgIpc) is 2.34. The average molecular weight is 268 g/mol. The Balaban J connectivity index is 2.63. The molecule has 0 fully saturated rings. The predicted molar refractivity (Wildman–Crippen MR) is 66.9 cm³/mol. The highest BCUT2D eigenvalue weighted by Crippen LogP contribution is 1.96. The van der Waals surface area contributed by atoms with Gasteiger partial charge in [0.05, 0.1) is 19.6 Å². The molecule has 7 heteroatoms. The fourth-order valence-corrected chi connectivity index (χ4v) is 1.48. The van der Waals surface area contributed by atoms with E-state index in [1.165, 1.54) is 13.1 Å². The van der Waals surface area contributed by atoms with Crippen LogP contribution in [0.25, 0.3) is 0 Å². The number of aromatic amines is 1. The van der Waals surface area contributed by atoms with E-state index in [4.69, 9.17) is 4.74 Å². The van der Waals surface area contributed by atoms with Gasteiger partial charge in [0.25, 0.3) is 5.56 Å². The number of nitrogens with zero attached hydrogens (tertiary/aromatic N) is 1. The van der Waals surface area contributed by atoms with E-state index >= 15 is 0 Å². The summed E-state index contributed by atoms with van der Waals surface area (Å²) in [4.78, 5) is 47.4. The number of rotatable bonds is 6. The molecule has 1 heterocycles. The molecule has 0 unspecified atom stereocenters. The molecule has 1 rings (SSSR count). The number of ketones is 1. The quantitative estimate of drug-likeness (QED) is 0.718. The van der Waals surface area contributed by atoms with Crippen LogP contribution in [0.4, 0.5) is 0 Å². The van der Waals surface area contributed by atoms with Crippen LogP contribution >= 0.6 is 0 Å². The lowest BCUT2D eigenvalue weighted by Crippen LogP contribution is -2.32. The SMILES string of the molecule is CCOC(=O)CCC(=O)Cn1cc(C)c(=O)[nH]c1=O. The smallest absolute Gasteiger partial charge is 0.328 e. The summed E-state index contributed by atoms with van der Waals surface area (Å²) in [5, 5.41) is 0. The maximum absolute atomic E-state index is 11.6. The van der Waals surface area contributed by atoms with Crippen LogP contribution in [0.15, 0.2) is 15.8 Å². The number of hydrogen-bond acceptors (Lipinski definition) is 5. The molecule has 0 atom stereocenters. The lowest BCUT2D eigenvalue weighted by molar-refractivity contribution is -0.144. The minimum atomic E-state index is -0.639. The van der Waals surface area contributed by atoms with Crippen molar-refractivity contribution in [2.45, 2.75) is 33.2 Å². The van der Waals surface area contributed by atoms with Gasteiger partial charge in [-0.1, -0.05) is 0 Å². The fourth-order valence-electron chi connectivity index (χ4n) is 1.48. The molecule has 1 aromatic rings. The van der Waals surface area contributed by atoms with Crippen LogP contribution in [0, 0.1) is 6.92 Å². The molecule has 0 aromatic carbocycles. The number of carbonyl (C=O) groups is 2. The Hall–Kier alpha value is -2.18. The molecular formula is C12H16N2O5. The van der Waals surface area contributed by atoms with Crippen molar-refractivity contribution in [1.82, 2.24) is 9.55 Å². The summed E-state index contributed by atoms with van der Waals surface area (Å²) < 4.78 is 5.81. The van der Waals surface area contributed by atoms with Crippen LogP contribution in [-0.2, 0) is 20.9 Å². The number of H-pyrrole nitrogens is 1. The van der Waals surface area contributed by atoms with Gasteiger partial charge < -0.3 is 4.74 Å². The Morgan fingerprint density at radius 2 is 2.00 bits per heavy atom. The largest absolute Gasteiger partial charge is 0.466 e. The van der Waals surface area contributed by atoms with Crippen molar-refractivity contribution in [3.05, 3.63) is 32.6 Å². The first kappa shape index (κ1) is 14.9. The number of esters is 1. The molecule has 0 aliphatic rings. The van der Waals surface area contributed by atoms with Crippen molar-refractivity contribution in [1.29, 1.82) is 0 Å². The zero-order chi connectivity index (χ0) is 14.4. The Labute approximate surface area is 109 Å². The van der Waals surface area contributed by atoms with Crippen LogP contribution in [0.5, 0.6) is 0 Å². The van der Waals surface area contributed by atoms with E-state index in [1.54, 1.807) is 6.92 Å². The van der Waals surface area contributed by atoms with Crippen molar-refractivity contribution >= 4 is 11.8 Å². The van der Waals surface area contributed by atoms with Crippen LogP contribution in [0.2, 0.25) is 0 Å². The minimum Gasteiger partial charge on any atom is -0.466 e. The van der Waals surface area contributed by atoms with Gasteiger partial charge in [0.2, 0.25) is 0 Å². The van der Waals surface area contributed by atoms with E-state index in [0.717, 1.165) is 4.57 Å². The summed E-state index contributed by atoms with van der Waals surface area (Å²) in [5.41, 5.74) is -0.766. The first-order valence-corrected chi connectivity index (χ1v) is 5.91. The molecule has 7 nitrogen and oxygen atoms in total. The second kappa shape index (κ2) is 6.67. The number of carbonyl (C=O) groups excluding carboxylic acids is 2. The zero-order valence-electron chi connectivity index (χ0n) is 10.9. The van der Waals surface area contributed by atoms with Gasteiger partial charge in [0.1, 0.15) is 0 Å². The van der Waals surface area contributed by atoms with Crippen molar-refractivity contribution < 1.29 is 14.3 Å². The first-order chi connectivity index (χ1) is 8.93. The molecule has 0 bridgehead atoms. The molecular weight excluding hydrogens is 252 g/mol. The highest BCUT2D eigenvalue weighted by Gasteiger charge is 2.10. The molecule has 104 valence electrons. The Bertz CT molecular complexity index is 585. The van der Waals surface area contributed by atoms with Gasteiger partial charge in [0.15, 0.2) is 5.78 Å². The topological polar surface area (TPSA) is 98.2 Å². The third kappa shape index (κ3) is 4.53. The monoisotopic (exact) mass is 268 g/mol. The van der Waals surface area contributed by atoms with E-state index in [-0.39, 0.29) is 31.8 Å². The highest BCUT2D eigenvalue weighted by atomic mass is 16.5. The Morgan fingerprint density at radius 1 is 1.32 bits per heavy atom. The molecule has 0 saturated carbocycles. The van der Waals surface area contributed by atoms with Crippen molar-refractivity contribution in [2.75, 3.05) is 6.61 Å². The number of ether oxygens (including phenoxy) is 1. The van der Waals surface area contributed by atoms with Crippen molar-refractivity contribution in [3.63, 3.8) is 0 Å². The van der Waals surface area contributed by atoms with Gasteiger partial charge in [-0.2, -0.15) is 0 Å². The van der Waals surface area contributed by atoms with Gasteiger partial charge in [-0.05, 0) is 13.8 Å². The van der Waals surface area contributed by atoms with E-state index in [1.807, 2.05) is 0 Å². The molecule has 0 amide bonds. The number of aromatic nitrogens is 2. The van der Waals surface area contributed by atoms with Gasteiger partial charge >= 0.3 is 11.7 Å². The van der Waals surface area contributed by atoms with Gasteiger partial charge in [-0.15, -0.1) is 0 Å². The second-order valence-electron chi connectivity index (χ2n) is 4.04. The molecule has 1 aromatic heterocycles. The van der Waals surface area contributed by atoms with Crippen LogP contribution in [0.3, 0.4) is 0 Å². The molecule has 1 N–H and O–H groups in total. The number of nitrogens with one attached hydrogen (secondary N) is 1. The lowest BCUT2D eigenvalue weighted by Gasteiger charge is -2.05. The molecule has 19 heavy (non-hydrogen) atoms. The van der Waals surface area contributed by atoms with E-state index in [0.29, 0.717) is 5.56 Å². The zero-order valence-corrected chi connectivity index (χ0v) is 10.9. The molecule has 0 spiro atoms. The molecule has 0 saturated heterocycles. The van der Waals surface area contributed by atoms with E-state index in [9.17, 15) is 19.2 Å². The van der Waals surface area contributed by atoms with Gasteiger partial charge in [-0.3, -0.25) is 23.9 Å². The molecule has 0 radical (unpaired) electrons. The Morgan fingerprint density at radius 3 is 2.63 bits per heavy atom. The number of Topliss-reactive ketones (excluding diaryl/α,β-unsaturated/α-hetero) is 1. The maximum Gasteiger partial charge on any atom is 0.328 e. The first-order valence-electron chi connectivity index (χ1n) is 5.91. The second-order valence-corrected chi connectivity index (χ2v) is 4.04. The summed E-state index contributed by atoms with van der Waals surface area (Å²) in [6, 6.07) is 0. The van der Waals surface area contributed by atoms with Crippen molar-refractivity contribution in [3.8, 4) is 0 Å². The van der Waals surface area contributed by atoms with Crippen LogP contribution < -0.4 is 11.2 Å². The normalized spacial score (nSPS) is 10.2. The van der Waals surface area contributed by atoms with E-state index < -0.39 is 17.2 Å². The predicted octanol–water partition coefficient (Wildman–Crippen LogP) is -0.243. The van der Waals surface area contributed by atoms with Gasteiger partial charge in [-0.25, -0.2) is 4.79 Å². The fraction of sp³-hybridized carbons (Fsp3) is 0.500.